The van der Waals surface area contributed by atoms with Crippen LogP contribution in [0.15, 0.2) is 59.1 Å². The van der Waals surface area contributed by atoms with Gasteiger partial charge in [-0.05, 0) is 24.1 Å². The SMILES string of the molecule is COCO[C@](C)(Cc1ccccc1)c1ccccc1Br. The van der Waals surface area contributed by atoms with Gasteiger partial charge in [-0.25, -0.2) is 0 Å². The van der Waals surface area contributed by atoms with Crippen LogP contribution in [-0.2, 0) is 21.5 Å². The van der Waals surface area contributed by atoms with E-state index in [4.69, 9.17) is 9.47 Å². The van der Waals surface area contributed by atoms with Gasteiger partial charge in [0.25, 0.3) is 0 Å². The van der Waals surface area contributed by atoms with Crippen molar-refractivity contribution in [2.45, 2.75) is 18.9 Å². The third-order valence-electron chi connectivity index (χ3n) is 3.32. The van der Waals surface area contributed by atoms with Gasteiger partial charge in [0.05, 0.1) is 5.60 Å². The molecule has 0 fully saturated rings. The monoisotopic (exact) mass is 334 g/mol. The van der Waals surface area contributed by atoms with Crippen LogP contribution in [0, 0.1) is 0 Å². The fourth-order valence-corrected chi connectivity index (χ4v) is 2.99. The Labute approximate surface area is 128 Å². The van der Waals surface area contributed by atoms with Gasteiger partial charge in [-0.2, -0.15) is 0 Å². The van der Waals surface area contributed by atoms with Crippen molar-refractivity contribution >= 4 is 15.9 Å². The average Bonchev–Trinajstić information content (AvgIpc) is 2.46. The van der Waals surface area contributed by atoms with Crippen molar-refractivity contribution in [3.8, 4) is 0 Å². The van der Waals surface area contributed by atoms with Crippen molar-refractivity contribution in [2.24, 2.45) is 0 Å². The van der Waals surface area contributed by atoms with Gasteiger partial charge in [0.15, 0.2) is 0 Å². The molecule has 0 bridgehead atoms. The normalized spacial score (nSPS) is 13.9. The zero-order valence-electron chi connectivity index (χ0n) is 11.8. The fourth-order valence-electron chi connectivity index (χ4n) is 2.29. The largest absolute Gasteiger partial charge is 0.359 e. The van der Waals surface area contributed by atoms with Gasteiger partial charge < -0.3 is 9.47 Å². The summed E-state index contributed by atoms with van der Waals surface area (Å²) in [7, 11) is 1.64. The Hall–Kier alpha value is -1.16. The molecule has 0 unspecified atom stereocenters. The van der Waals surface area contributed by atoms with E-state index in [1.807, 2.05) is 36.4 Å². The number of hydrogen-bond donors (Lipinski definition) is 0. The molecule has 0 aliphatic carbocycles. The van der Waals surface area contributed by atoms with E-state index in [0.29, 0.717) is 0 Å². The van der Waals surface area contributed by atoms with Crippen LogP contribution in [-0.4, -0.2) is 13.9 Å². The maximum Gasteiger partial charge on any atom is 0.147 e. The lowest BCUT2D eigenvalue weighted by atomic mass is 9.89. The van der Waals surface area contributed by atoms with Crippen LogP contribution in [0.1, 0.15) is 18.1 Å². The van der Waals surface area contributed by atoms with E-state index in [0.717, 1.165) is 16.5 Å². The molecule has 0 radical (unpaired) electrons. The summed E-state index contributed by atoms with van der Waals surface area (Å²) in [5, 5.41) is 0. The van der Waals surface area contributed by atoms with Crippen LogP contribution in [0.4, 0.5) is 0 Å². The van der Waals surface area contributed by atoms with E-state index in [2.05, 4.69) is 41.1 Å². The summed E-state index contributed by atoms with van der Waals surface area (Å²) >= 11 is 3.62. The van der Waals surface area contributed by atoms with Crippen LogP contribution in [0.5, 0.6) is 0 Å². The summed E-state index contributed by atoms with van der Waals surface area (Å²) in [4.78, 5) is 0. The van der Waals surface area contributed by atoms with Gasteiger partial charge in [-0.3, -0.25) is 0 Å². The molecule has 0 N–H and O–H groups in total. The van der Waals surface area contributed by atoms with Crippen LogP contribution in [0.25, 0.3) is 0 Å². The first-order chi connectivity index (χ1) is 9.65. The van der Waals surface area contributed by atoms with E-state index in [1.165, 1.54) is 5.56 Å². The molecule has 0 saturated carbocycles. The molecule has 0 heterocycles. The second kappa shape index (κ2) is 7.02. The van der Waals surface area contributed by atoms with Crippen molar-refractivity contribution in [1.82, 2.24) is 0 Å². The number of methoxy groups -OCH3 is 1. The number of hydrogen-bond acceptors (Lipinski definition) is 2. The molecule has 2 aromatic carbocycles. The average molecular weight is 335 g/mol. The Morgan fingerprint density at radius 2 is 1.65 bits per heavy atom. The smallest absolute Gasteiger partial charge is 0.147 e. The molecule has 0 aliphatic rings. The molecule has 3 heteroatoms. The fraction of sp³-hybridized carbons (Fsp3) is 0.294. The Bertz CT molecular complexity index is 542. The van der Waals surface area contributed by atoms with E-state index in [1.54, 1.807) is 7.11 Å². The molecule has 2 aromatic rings. The van der Waals surface area contributed by atoms with Gasteiger partial charge in [0, 0.05) is 18.0 Å². The molecular weight excluding hydrogens is 316 g/mol. The van der Waals surface area contributed by atoms with E-state index < -0.39 is 5.60 Å². The molecule has 0 saturated heterocycles. The number of ether oxygens (including phenoxy) is 2. The minimum atomic E-state index is -0.433. The Morgan fingerprint density at radius 1 is 1.00 bits per heavy atom. The zero-order valence-corrected chi connectivity index (χ0v) is 13.4. The quantitative estimate of drug-likeness (QED) is 0.722. The molecule has 2 rings (SSSR count). The predicted molar refractivity (Wildman–Crippen MR) is 84.6 cm³/mol. The standard InChI is InChI=1S/C17H19BrO2/c1-17(20-13-19-2,12-14-8-4-3-5-9-14)15-10-6-7-11-16(15)18/h3-11H,12-13H2,1-2H3/t17-/m1/s1. The van der Waals surface area contributed by atoms with Crippen molar-refractivity contribution in [3.63, 3.8) is 0 Å². The molecular formula is C17H19BrO2. The third-order valence-corrected chi connectivity index (χ3v) is 4.01. The van der Waals surface area contributed by atoms with Crippen LogP contribution >= 0.6 is 15.9 Å². The Kier molecular flexibility index (Phi) is 5.35. The van der Waals surface area contributed by atoms with Crippen molar-refractivity contribution in [3.05, 3.63) is 70.2 Å². The summed E-state index contributed by atoms with van der Waals surface area (Å²) in [6.45, 7) is 2.36. The van der Waals surface area contributed by atoms with Gasteiger partial charge >= 0.3 is 0 Å². The van der Waals surface area contributed by atoms with Crippen molar-refractivity contribution in [1.29, 1.82) is 0 Å². The van der Waals surface area contributed by atoms with Gasteiger partial charge in [0.2, 0.25) is 0 Å². The minimum Gasteiger partial charge on any atom is -0.359 e. The van der Waals surface area contributed by atoms with Gasteiger partial charge in [-0.1, -0.05) is 64.5 Å². The van der Waals surface area contributed by atoms with Crippen LogP contribution < -0.4 is 0 Å². The Morgan fingerprint density at radius 3 is 2.30 bits per heavy atom. The lowest BCUT2D eigenvalue weighted by molar-refractivity contribution is -0.127. The van der Waals surface area contributed by atoms with Gasteiger partial charge in [0.1, 0.15) is 6.79 Å². The highest BCUT2D eigenvalue weighted by Gasteiger charge is 2.29. The number of halogens is 1. The maximum absolute atomic E-state index is 6.00. The van der Waals surface area contributed by atoms with Crippen molar-refractivity contribution < 1.29 is 9.47 Å². The van der Waals surface area contributed by atoms with Gasteiger partial charge in [-0.15, -0.1) is 0 Å². The zero-order chi connectivity index (χ0) is 14.4. The molecule has 1 atom stereocenters. The van der Waals surface area contributed by atoms with E-state index in [-0.39, 0.29) is 6.79 Å². The molecule has 20 heavy (non-hydrogen) atoms. The first kappa shape index (κ1) is 15.2. The highest BCUT2D eigenvalue weighted by molar-refractivity contribution is 9.10. The summed E-state index contributed by atoms with van der Waals surface area (Å²) in [6, 6.07) is 18.5. The van der Waals surface area contributed by atoms with Crippen LogP contribution in [0.3, 0.4) is 0 Å². The maximum atomic E-state index is 6.00. The molecule has 0 spiro atoms. The highest BCUT2D eigenvalue weighted by atomic mass is 79.9. The second-order valence-corrected chi connectivity index (χ2v) is 5.78. The molecule has 0 aromatic heterocycles. The predicted octanol–water partition coefficient (Wildman–Crippen LogP) is 4.53. The van der Waals surface area contributed by atoms with E-state index in [9.17, 15) is 0 Å². The molecule has 106 valence electrons. The first-order valence-corrected chi connectivity index (χ1v) is 7.37. The molecule has 2 nitrogen and oxygen atoms in total. The minimum absolute atomic E-state index is 0.269. The summed E-state index contributed by atoms with van der Waals surface area (Å²) in [6.07, 6.45) is 0.791. The van der Waals surface area contributed by atoms with Crippen molar-refractivity contribution in [2.75, 3.05) is 13.9 Å². The second-order valence-electron chi connectivity index (χ2n) is 4.92. The van der Waals surface area contributed by atoms with E-state index >= 15 is 0 Å². The summed E-state index contributed by atoms with van der Waals surface area (Å²) in [5.74, 6) is 0. The lowest BCUT2D eigenvalue weighted by Crippen LogP contribution is -2.30. The topological polar surface area (TPSA) is 18.5 Å². The lowest BCUT2D eigenvalue weighted by Gasteiger charge is -2.31. The third kappa shape index (κ3) is 3.69. The summed E-state index contributed by atoms with van der Waals surface area (Å²) < 4.78 is 12.1. The Balaban J connectivity index is 2.32. The first-order valence-electron chi connectivity index (χ1n) is 6.57. The van der Waals surface area contributed by atoms with Crippen LogP contribution in [0.2, 0.25) is 0 Å². The number of benzene rings is 2. The highest BCUT2D eigenvalue weighted by Crippen LogP contribution is 2.34. The molecule has 0 amide bonds. The molecule has 0 aliphatic heterocycles. The number of rotatable bonds is 6. The summed E-state index contributed by atoms with van der Waals surface area (Å²) in [5.41, 5.74) is 1.93.